The van der Waals surface area contributed by atoms with Crippen LogP contribution in [0.3, 0.4) is 0 Å². The first-order valence-electron chi connectivity index (χ1n) is 8.33. The summed E-state index contributed by atoms with van der Waals surface area (Å²) in [5.74, 6) is 0. The van der Waals surface area contributed by atoms with Crippen molar-refractivity contribution < 1.29 is 13.2 Å². The highest BCUT2D eigenvalue weighted by atomic mass is 35.5. The van der Waals surface area contributed by atoms with Crippen LogP contribution in [0.2, 0.25) is 10.0 Å². The molecule has 0 spiro atoms. The second-order valence-corrected chi connectivity index (χ2v) is 8.80. The maximum absolute atomic E-state index is 12.9. The lowest BCUT2D eigenvalue weighted by atomic mass is 10.1. The Morgan fingerprint density at radius 3 is 2.69 bits per heavy atom. The second kappa shape index (κ2) is 8.08. The van der Waals surface area contributed by atoms with Gasteiger partial charge in [-0.05, 0) is 43.0 Å². The Balaban J connectivity index is 1.75. The van der Waals surface area contributed by atoms with Crippen LogP contribution in [0.1, 0.15) is 25.3 Å². The fourth-order valence-corrected chi connectivity index (χ4v) is 5.02. The smallest absolute Gasteiger partial charge is 0.316 e. The molecule has 2 aromatic rings. The van der Waals surface area contributed by atoms with Gasteiger partial charge in [0.25, 0.3) is 0 Å². The maximum atomic E-state index is 12.9. The van der Waals surface area contributed by atoms with E-state index in [0.29, 0.717) is 18.0 Å². The van der Waals surface area contributed by atoms with Gasteiger partial charge in [-0.15, -0.1) is 0 Å². The van der Waals surface area contributed by atoms with Gasteiger partial charge >= 0.3 is 6.01 Å². The first-order chi connectivity index (χ1) is 12.4. The van der Waals surface area contributed by atoms with E-state index in [1.165, 1.54) is 16.4 Å². The van der Waals surface area contributed by atoms with Crippen molar-refractivity contribution in [2.45, 2.75) is 37.2 Å². The molecule has 6 nitrogen and oxygen atoms in total. The molecule has 1 aliphatic heterocycles. The highest BCUT2D eigenvalue weighted by molar-refractivity contribution is 7.89. The molecule has 1 aromatic heterocycles. The number of ether oxygens (including phenoxy) is 1. The molecule has 0 bridgehead atoms. The zero-order chi connectivity index (χ0) is 18.7. The van der Waals surface area contributed by atoms with Gasteiger partial charge in [-0.2, -0.15) is 4.31 Å². The quantitative estimate of drug-likeness (QED) is 0.745. The van der Waals surface area contributed by atoms with Crippen molar-refractivity contribution in [2.75, 3.05) is 13.1 Å². The second-order valence-electron chi connectivity index (χ2n) is 6.05. The summed E-state index contributed by atoms with van der Waals surface area (Å²) in [6, 6.07) is 4.67. The topological polar surface area (TPSA) is 72.4 Å². The zero-order valence-electron chi connectivity index (χ0n) is 14.2. The normalized spacial score (nSPS) is 18.7. The summed E-state index contributed by atoms with van der Waals surface area (Å²) in [5, 5.41) is 0.470. The van der Waals surface area contributed by atoms with Crippen LogP contribution < -0.4 is 4.74 Å². The molecule has 0 saturated carbocycles. The SMILES string of the molecule is CCc1cnc(OC2CCCN(S(=O)(=O)c3cc(Cl)ccc3Cl)C2)nc1. The van der Waals surface area contributed by atoms with E-state index in [1.54, 1.807) is 18.5 Å². The van der Waals surface area contributed by atoms with Crippen molar-refractivity contribution in [3.63, 3.8) is 0 Å². The van der Waals surface area contributed by atoms with Crippen LogP contribution in [0.15, 0.2) is 35.5 Å². The predicted octanol–water partition coefficient (Wildman–Crippen LogP) is 3.58. The van der Waals surface area contributed by atoms with Crippen molar-refractivity contribution in [3.05, 3.63) is 46.2 Å². The van der Waals surface area contributed by atoms with E-state index in [0.717, 1.165) is 18.4 Å². The minimum atomic E-state index is -3.75. The van der Waals surface area contributed by atoms with E-state index in [-0.39, 0.29) is 28.6 Å². The Kier molecular flexibility index (Phi) is 6.02. The van der Waals surface area contributed by atoms with Crippen molar-refractivity contribution >= 4 is 33.2 Å². The molecule has 9 heteroatoms. The lowest BCUT2D eigenvalue weighted by Gasteiger charge is -2.31. The first-order valence-corrected chi connectivity index (χ1v) is 10.5. The third-order valence-electron chi connectivity index (χ3n) is 4.21. The Labute approximate surface area is 163 Å². The monoisotopic (exact) mass is 415 g/mol. The van der Waals surface area contributed by atoms with Gasteiger partial charge in [-0.1, -0.05) is 30.1 Å². The van der Waals surface area contributed by atoms with Crippen LogP contribution in [-0.2, 0) is 16.4 Å². The average Bonchev–Trinajstić information content (AvgIpc) is 2.64. The number of sulfonamides is 1. The van der Waals surface area contributed by atoms with Crippen LogP contribution in [0.5, 0.6) is 6.01 Å². The minimum Gasteiger partial charge on any atom is -0.459 e. The number of hydrogen-bond acceptors (Lipinski definition) is 5. The summed E-state index contributed by atoms with van der Waals surface area (Å²) in [4.78, 5) is 8.36. The Bertz CT molecular complexity index is 875. The molecular formula is C17H19Cl2N3O3S. The predicted molar refractivity (Wildman–Crippen MR) is 100 cm³/mol. The van der Waals surface area contributed by atoms with Crippen LogP contribution >= 0.6 is 23.2 Å². The van der Waals surface area contributed by atoms with Crippen LogP contribution in [0.25, 0.3) is 0 Å². The third kappa shape index (κ3) is 4.28. The van der Waals surface area contributed by atoms with Crippen LogP contribution in [0.4, 0.5) is 0 Å². The number of aromatic nitrogens is 2. The van der Waals surface area contributed by atoms with Gasteiger partial charge in [-0.3, -0.25) is 0 Å². The lowest BCUT2D eigenvalue weighted by molar-refractivity contribution is 0.119. The van der Waals surface area contributed by atoms with E-state index in [4.69, 9.17) is 27.9 Å². The van der Waals surface area contributed by atoms with E-state index in [1.807, 2.05) is 6.92 Å². The molecule has 2 heterocycles. The number of rotatable bonds is 5. The van der Waals surface area contributed by atoms with Crippen molar-refractivity contribution in [3.8, 4) is 6.01 Å². The molecule has 26 heavy (non-hydrogen) atoms. The average molecular weight is 416 g/mol. The highest BCUT2D eigenvalue weighted by Gasteiger charge is 2.33. The van der Waals surface area contributed by atoms with E-state index >= 15 is 0 Å². The standard InChI is InChI=1S/C17H19Cl2N3O3S/c1-2-12-9-20-17(21-10-12)25-14-4-3-7-22(11-14)26(23,24)16-8-13(18)5-6-15(16)19/h5-6,8-10,14H,2-4,7,11H2,1H3. The number of nitrogens with zero attached hydrogens (tertiary/aromatic N) is 3. The molecule has 3 rings (SSSR count). The summed E-state index contributed by atoms with van der Waals surface area (Å²) < 4.78 is 33.0. The highest BCUT2D eigenvalue weighted by Crippen LogP contribution is 2.29. The Morgan fingerprint density at radius 1 is 1.27 bits per heavy atom. The molecule has 1 saturated heterocycles. The largest absolute Gasteiger partial charge is 0.459 e. The van der Waals surface area contributed by atoms with Gasteiger partial charge in [0.15, 0.2) is 0 Å². The lowest BCUT2D eigenvalue weighted by Crippen LogP contribution is -2.44. The fraction of sp³-hybridized carbons (Fsp3) is 0.412. The summed E-state index contributed by atoms with van der Waals surface area (Å²) in [5.41, 5.74) is 1.01. The van der Waals surface area contributed by atoms with Gasteiger partial charge in [0.1, 0.15) is 11.0 Å². The first kappa shape index (κ1) is 19.4. The maximum Gasteiger partial charge on any atom is 0.316 e. The molecule has 1 aromatic carbocycles. The summed E-state index contributed by atoms with van der Waals surface area (Å²) in [6.45, 7) is 2.63. The number of benzene rings is 1. The van der Waals surface area contributed by atoms with Gasteiger partial charge in [0, 0.05) is 24.0 Å². The van der Waals surface area contributed by atoms with Crippen LogP contribution in [-0.4, -0.2) is 41.9 Å². The molecule has 140 valence electrons. The molecule has 1 fully saturated rings. The Hall–Kier alpha value is -1.41. The Morgan fingerprint density at radius 2 is 2.00 bits per heavy atom. The molecular weight excluding hydrogens is 397 g/mol. The van der Waals surface area contributed by atoms with E-state index in [9.17, 15) is 8.42 Å². The minimum absolute atomic E-state index is 0.0101. The number of halogens is 2. The molecule has 1 unspecified atom stereocenters. The van der Waals surface area contributed by atoms with E-state index in [2.05, 4.69) is 9.97 Å². The van der Waals surface area contributed by atoms with Gasteiger partial charge in [-0.25, -0.2) is 18.4 Å². The molecule has 0 N–H and O–H groups in total. The zero-order valence-corrected chi connectivity index (χ0v) is 16.6. The number of aryl methyl sites for hydroxylation is 1. The van der Waals surface area contributed by atoms with E-state index < -0.39 is 10.0 Å². The van der Waals surface area contributed by atoms with Gasteiger partial charge < -0.3 is 4.74 Å². The third-order valence-corrected chi connectivity index (χ3v) is 6.80. The molecule has 0 aliphatic carbocycles. The van der Waals surface area contributed by atoms with Gasteiger partial charge in [0.05, 0.1) is 11.6 Å². The fourth-order valence-electron chi connectivity index (χ4n) is 2.77. The molecule has 1 aliphatic rings. The van der Waals surface area contributed by atoms with Gasteiger partial charge in [0.2, 0.25) is 10.0 Å². The van der Waals surface area contributed by atoms with Crippen molar-refractivity contribution in [2.24, 2.45) is 0 Å². The summed E-state index contributed by atoms with van der Waals surface area (Å²) in [6.07, 6.45) is 5.36. The van der Waals surface area contributed by atoms with Crippen molar-refractivity contribution in [1.29, 1.82) is 0 Å². The van der Waals surface area contributed by atoms with Crippen LogP contribution in [0, 0.1) is 0 Å². The molecule has 1 atom stereocenters. The number of hydrogen-bond donors (Lipinski definition) is 0. The summed E-state index contributed by atoms with van der Waals surface area (Å²) >= 11 is 12.0. The molecule has 0 radical (unpaired) electrons. The number of piperidine rings is 1. The summed E-state index contributed by atoms with van der Waals surface area (Å²) in [7, 11) is -3.75. The van der Waals surface area contributed by atoms with Crippen molar-refractivity contribution in [1.82, 2.24) is 14.3 Å². The molecule has 0 amide bonds.